The van der Waals surface area contributed by atoms with E-state index in [-0.39, 0.29) is 17.8 Å². The second kappa shape index (κ2) is 7.02. The van der Waals surface area contributed by atoms with Gasteiger partial charge in [-0.15, -0.1) is 0 Å². The highest BCUT2D eigenvalue weighted by Gasteiger charge is 2.29. The van der Waals surface area contributed by atoms with Gasteiger partial charge in [0.1, 0.15) is 11.8 Å². The molecule has 3 rings (SSSR count). The smallest absolute Gasteiger partial charge is 0.222 e. The van der Waals surface area contributed by atoms with Gasteiger partial charge >= 0.3 is 0 Å². The molecular weight excluding hydrogens is 330 g/mol. The van der Waals surface area contributed by atoms with Gasteiger partial charge in [-0.25, -0.2) is 4.98 Å². The molecule has 0 aliphatic carbocycles. The zero-order valence-corrected chi connectivity index (χ0v) is 14.0. The van der Waals surface area contributed by atoms with Crippen LogP contribution in [0.1, 0.15) is 6.92 Å². The Morgan fingerprint density at radius 2 is 2.17 bits per heavy atom. The van der Waals surface area contributed by atoms with Crippen molar-refractivity contribution in [1.82, 2.24) is 15.3 Å². The number of carbonyl (C=O) groups excluding carboxylic acids is 1. The molecule has 126 valence electrons. The molecule has 1 saturated heterocycles. The Bertz CT molecular complexity index is 738. The Morgan fingerprint density at radius 3 is 2.88 bits per heavy atom. The van der Waals surface area contributed by atoms with Gasteiger partial charge in [0.15, 0.2) is 17.4 Å². The average Bonchev–Trinajstić information content (AvgIpc) is 2.58. The minimum absolute atomic E-state index is 0.0526. The average molecular weight is 348 g/mol. The number of aromatic nitrogens is 2. The molecular formula is C16H18ClN5O2. The van der Waals surface area contributed by atoms with Crippen LogP contribution in [0, 0.1) is 0 Å². The van der Waals surface area contributed by atoms with E-state index in [1.165, 1.54) is 6.20 Å². The standard InChI is InChI=1S/C16H18ClN5O2/c1-10(23)13-8-19-6-7-22(13)15-14(9-20-16(18)21-15)24-12-4-2-11(17)3-5-12/h2-5,9,13,19H,6-8H2,1H3,(H2,18,20,21). The number of nitrogen functional groups attached to an aromatic ring is 1. The van der Waals surface area contributed by atoms with E-state index in [1.807, 2.05) is 4.90 Å². The second-order valence-electron chi connectivity index (χ2n) is 5.50. The van der Waals surface area contributed by atoms with Crippen LogP contribution in [0.25, 0.3) is 0 Å². The maximum absolute atomic E-state index is 12.0. The molecule has 1 aromatic heterocycles. The van der Waals surface area contributed by atoms with Gasteiger partial charge in [-0.1, -0.05) is 11.6 Å². The minimum Gasteiger partial charge on any atom is -0.452 e. The van der Waals surface area contributed by atoms with Crippen LogP contribution in [0.15, 0.2) is 30.5 Å². The van der Waals surface area contributed by atoms with Crippen molar-refractivity contribution in [3.63, 3.8) is 0 Å². The highest BCUT2D eigenvalue weighted by Crippen LogP contribution is 2.32. The molecule has 0 amide bonds. The van der Waals surface area contributed by atoms with E-state index >= 15 is 0 Å². The Hall–Kier alpha value is -2.38. The maximum Gasteiger partial charge on any atom is 0.222 e. The number of anilines is 2. The van der Waals surface area contributed by atoms with Crippen molar-refractivity contribution in [3.05, 3.63) is 35.5 Å². The number of rotatable bonds is 4. The van der Waals surface area contributed by atoms with Gasteiger partial charge < -0.3 is 20.7 Å². The summed E-state index contributed by atoms with van der Waals surface area (Å²) >= 11 is 5.89. The summed E-state index contributed by atoms with van der Waals surface area (Å²) in [5.41, 5.74) is 5.75. The first-order valence-electron chi connectivity index (χ1n) is 7.58. The van der Waals surface area contributed by atoms with Gasteiger partial charge in [-0.2, -0.15) is 4.98 Å². The summed E-state index contributed by atoms with van der Waals surface area (Å²) in [6.07, 6.45) is 1.52. The lowest BCUT2D eigenvalue weighted by Crippen LogP contribution is -2.55. The molecule has 2 aromatic rings. The van der Waals surface area contributed by atoms with Crippen molar-refractivity contribution in [3.8, 4) is 11.5 Å². The van der Waals surface area contributed by atoms with Crippen LogP contribution in [0.2, 0.25) is 5.02 Å². The van der Waals surface area contributed by atoms with Gasteiger partial charge in [0.05, 0.1) is 6.20 Å². The highest BCUT2D eigenvalue weighted by atomic mass is 35.5. The van der Waals surface area contributed by atoms with Crippen molar-refractivity contribution in [2.45, 2.75) is 13.0 Å². The predicted molar refractivity (Wildman–Crippen MR) is 92.7 cm³/mol. The molecule has 1 aliphatic rings. The van der Waals surface area contributed by atoms with Gasteiger partial charge in [0.2, 0.25) is 5.95 Å². The Morgan fingerprint density at radius 1 is 1.42 bits per heavy atom. The summed E-state index contributed by atoms with van der Waals surface area (Å²) in [5.74, 6) is 1.74. The third-order valence-corrected chi connectivity index (χ3v) is 4.03. The van der Waals surface area contributed by atoms with Crippen molar-refractivity contribution < 1.29 is 9.53 Å². The fourth-order valence-corrected chi connectivity index (χ4v) is 2.73. The number of nitrogens with zero attached hydrogens (tertiary/aromatic N) is 3. The van der Waals surface area contributed by atoms with Crippen LogP contribution in [-0.2, 0) is 4.79 Å². The maximum atomic E-state index is 12.0. The Labute approximate surface area is 144 Å². The zero-order chi connectivity index (χ0) is 17.1. The van der Waals surface area contributed by atoms with E-state index in [9.17, 15) is 4.79 Å². The number of Topliss-reactive ketones (excluding diaryl/α,β-unsaturated/α-hetero) is 1. The first kappa shape index (κ1) is 16.5. The first-order valence-corrected chi connectivity index (χ1v) is 7.96. The zero-order valence-electron chi connectivity index (χ0n) is 13.2. The first-order chi connectivity index (χ1) is 11.5. The molecule has 0 spiro atoms. The molecule has 7 nitrogen and oxygen atoms in total. The molecule has 0 bridgehead atoms. The van der Waals surface area contributed by atoms with Gasteiger partial charge in [0, 0.05) is 24.7 Å². The number of piperazine rings is 1. The van der Waals surface area contributed by atoms with Gasteiger partial charge in [-0.05, 0) is 31.2 Å². The van der Waals surface area contributed by atoms with E-state index < -0.39 is 0 Å². The number of hydrogen-bond donors (Lipinski definition) is 2. The summed E-state index contributed by atoms with van der Waals surface area (Å²) in [6.45, 7) is 3.49. The third-order valence-electron chi connectivity index (χ3n) is 3.78. The van der Waals surface area contributed by atoms with Crippen LogP contribution in [0.3, 0.4) is 0 Å². The molecule has 1 fully saturated rings. The van der Waals surface area contributed by atoms with Crippen molar-refractivity contribution in [1.29, 1.82) is 0 Å². The van der Waals surface area contributed by atoms with Crippen LogP contribution in [-0.4, -0.2) is 41.4 Å². The van der Waals surface area contributed by atoms with E-state index in [0.29, 0.717) is 35.4 Å². The normalized spacial score (nSPS) is 17.6. The van der Waals surface area contributed by atoms with Crippen LogP contribution in [0.4, 0.5) is 11.8 Å². The Kier molecular flexibility index (Phi) is 4.82. The molecule has 8 heteroatoms. The second-order valence-corrected chi connectivity index (χ2v) is 5.93. The number of nitrogens with one attached hydrogen (secondary N) is 1. The molecule has 24 heavy (non-hydrogen) atoms. The largest absolute Gasteiger partial charge is 0.452 e. The summed E-state index contributed by atoms with van der Waals surface area (Å²) < 4.78 is 5.89. The highest BCUT2D eigenvalue weighted by molar-refractivity contribution is 6.30. The number of benzene rings is 1. The quantitative estimate of drug-likeness (QED) is 0.872. The summed E-state index contributed by atoms with van der Waals surface area (Å²) in [6, 6.07) is 6.65. The van der Waals surface area contributed by atoms with Crippen LogP contribution >= 0.6 is 11.6 Å². The van der Waals surface area contributed by atoms with E-state index in [2.05, 4.69) is 15.3 Å². The fourth-order valence-electron chi connectivity index (χ4n) is 2.60. The minimum atomic E-state index is -0.319. The molecule has 1 atom stereocenters. The predicted octanol–water partition coefficient (Wildman–Crippen LogP) is 1.87. The molecule has 1 aliphatic heterocycles. The number of halogens is 1. The number of ketones is 1. The molecule has 1 aromatic carbocycles. The monoisotopic (exact) mass is 347 g/mol. The van der Waals surface area contributed by atoms with E-state index in [0.717, 1.165) is 6.54 Å². The summed E-state index contributed by atoms with van der Waals surface area (Å²) in [5, 5.41) is 3.83. The number of nitrogens with two attached hydrogens (primary N) is 1. The Balaban J connectivity index is 1.95. The summed E-state index contributed by atoms with van der Waals surface area (Å²) in [7, 11) is 0. The fraction of sp³-hybridized carbons (Fsp3) is 0.312. The lowest BCUT2D eigenvalue weighted by atomic mass is 10.1. The van der Waals surface area contributed by atoms with Gasteiger partial charge in [-0.3, -0.25) is 4.79 Å². The van der Waals surface area contributed by atoms with Crippen molar-refractivity contribution in [2.24, 2.45) is 0 Å². The van der Waals surface area contributed by atoms with E-state index in [4.69, 9.17) is 22.1 Å². The van der Waals surface area contributed by atoms with Crippen molar-refractivity contribution >= 4 is 29.2 Å². The van der Waals surface area contributed by atoms with Crippen LogP contribution in [0.5, 0.6) is 11.5 Å². The van der Waals surface area contributed by atoms with Crippen LogP contribution < -0.4 is 20.7 Å². The number of carbonyl (C=O) groups is 1. The molecule has 0 saturated carbocycles. The third kappa shape index (κ3) is 3.58. The topological polar surface area (TPSA) is 93.4 Å². The lowest BCUT2D eigenvalue weighted by molar-refractivity contribution is -0.118. The lowest BCUT2D eigenvalue weighted by Gasteiger charge is -2.36. The number of ether oxygens (including phenoxy) is 1. The number of hydrogen-bond acceptors (Lipinski definition) is 7. The summed E-state index contributed by atoms with van der Waals surface area (Å²) in [4.78, 5) is 22.2. The molecule has 0 radical (unpaired) electrons. The molecule has 2 heterocycles. The van der Waals surface area contributed by atoms with E-state index in [1.54, 1.807) is 31.2 Å². The van der Waals surface area contributed by atoms with Crippen molar-refractivity contribution in [2.75, 3.05) is 30.3 Å². The molecule has 3 N–H and O–H groups in total. The SMILES string of the molecule is CC(=O)C1CNCCN1c1nc(N)ncc1Oc1ccc(Cl)cc1. The van der Waals surface area contributed by atoms with Gasteiger partial charge in [0.25, 0.3) is 0 Å². The molecule has 1 unspecified atom stereocenters.